The predicted molar refractivity (Wildman–Crippen MR) is 97.8 cm³/mol. The molecule has 142 valence electrons. The first-order chi connectivity index (χ1) is 12.8. The molecular formula is C18H16Cl2N2O5. The number of rotatable bonds is 4. The van der Waals surface area contributed by atoms with Crippen molar-refractivity contribution in [3.63, 3.8) is 0 Å². The average molecular weight is 411 g/mol. The van der Waals surface area contributed by atoms with Crippen LogP contribution in [0.2, 0.25) is 10.3 Å². The molecule has 2 aromatic rings. The van der Waals surface area contributed by atoms with Crippen LogP contribution in [0.1, 0.15) is 30.6 Å². The number of hydrogen-bond acceptors (Lipinski definition) is 6. The molecule has 0 spiro atoms. The molecule has 1 aliphatic rings. The topological polar surface area (TPSA) is 87.5 Å². The van der Waals surface area contributed by atoms with E-state index in [9.17, 15) is 14.4 Å². The predicted octanol–water partition coefficient (Wildman–Crippen LogP) is 2.67. The Morgan fingerprint density at radius 3 is 2.56 bits per heavy atom. The van der Waals surface area contributed by atoms with E-state index >= 15 is 0 Å². The summed E-state index contributed by atoms with van der Waals surface area (Å²) in [5.41, 5.74) is -1.19. The highest BCUT2D eigenvalue weighted by atomic mass is 35.5. The van der Waals surface area contributed by atoms with E-state index in [1.165, 1.54) is 7.11 Å². The number of ether oxygens (including phenoxy) is 2. The van der Waals surface area contributed by atoms with E-state index in [2.05, 4.69) is 4.98 Å². The number of benzene rings is 1. The monoisotopic (exact) mass is 410 g/mol. The lowest BCUT2D eigenvalue weighted by Gasteiger charge is -2.22. The molecule has 2 unspecified atom stereocenters. The molecule has 0 saturated heterocycles. The minimum Gasteiger partial charge on any atom is -0.467 e. The summed E-state index contributed by atoms with van der Waals surface area (Å²) in [4.78, 5) is 41.4. The van der Waals surface area contributed by atoms with Crippen molar-refractivity contribution in [3.8, 4) is 0 Å². The fraction of sp³-hybridized carbons (Fsp3) is 0.333. The van der Waals surface area contributed by atoms with Crippen LogP contribution in [-0.4, -0.2) is 28.6 Å². The number of carbonyl (C=O) groups excluding carboxylic acids is 2. The molecule has 7 nitrogen and oxygen atoms in total. The molecule has 0 aliphatic carbocycles. The Kier molecular flexibility index (Phi) is 5.26. The van der Waals surface area contributed by atoms with Crippen molar-refractivity contribution in [1.29, 1.82) is 0 Å². The number of aromatic nitrogens is 2. The fourth-order valence-electron chi connectivity index (χ4n) is 3.24. The lowest BCUT2D eigenvalue weighted by Crippen LogP contribution is -2.34. The average Bonchev–Trinajstić information content (AvgIpc) is 2.99. The van der Waals surface area contributed by atoms with Gasteiger partial charge >= 0.3 is 11.9 Å². The quantitative estimate of drug-likeness (QED) is 0.719. The maximum Gasteiger partial charge on any atom is 0.329 e. The van der Waals surface area contributed by atoms with E-state index < -0.39 is 29.0 Å². The van der Waals surface area contributed by atoms with Gasteiger partial charge in [-0.05, 0) is 12.5 Å². The first-order valence-electron chi connectivity index (χ1n) is 8.06. The molecule has 2 atom stereocenters. The van der Waals surface area contributed by atoms with Crippen LogP contribution in [0.15, 0.2) is 35.1 Å². The SMILES string of the molecule is COC(=O)C1CC(C)(C(=O)OCc2ccccc2)c2c(Cl)nc(Cl)c(=O)n21. The van der Waals surface area contributed by atoms with Gasteiger partial charge in [0.1, 0.15) is 18.1 Å². The molecule has 0 N–H and O–H groups in total. The van der Waals surface area contributed by atoms with E-state index in [1.54, 1.807) is 6.92 Å². The van der Waals surface area contributed by atoms with Crippen LogP contribution in [0.4, 0.5) is 0 Å². The Balaban J connectivity index is 2.01. The second-order valence-electron chi connectivity index (χ2n) is 6.35. The van der Waals surface area contributed by atoms with Crippen molar-refractivity contribution in [3.05, 3.63) is 62.2 Å². The van der Waals surface area contributed by atoms with Crippen LogP contribution >= 0.6 is 23.2 Å². The zero-order valence-corrected chi connectivity index (χ0v) is 16.1. The summed E-state index contributed by atoms with van der Waals surface area (Å²) in [5, 5.41) is -0.523. The van der Waals surface area contributed by atoms with Gasteiger partial charge in [0.2, 0.25) is 0 Å². The van der Waals surface area contributed by atoms with Crippen LogP contribution < -0.4 is 5.56 Å². The summed E-state index contributed by atoms with van der Waals surface area (Å²) in [6.07, 6.45) is -0.0513. The molecule has 9 heteroatoms. The molecule has 0 fully saturated rings. The minimum absolute atomic E-state index is 0.0427. The highest BCUT2D eigenvalue weighted by Gasteiger charge is 2.52. The number of carbonyl (C=O) groups is 2. The molecule has 3 rings (SSSR count). The Hall–Kier alpha value is -2.38. The number of esters is 2. The third-order valence-corrected chi connectivity index (χ3v) is 5.11. The second kappa shape index (κ2) is 7.32. The van der Waals surface area contributed by atoms with Crippen molar-refractivity contribution in [2.45, 2.75) is 31.4 Å². The highest BCUT2D eigenvalue weighted by molar-refractivity contribution is 6.33. The molecular weight excluding hydrogens is 395 g/mol. The number of methoxy groups -OCH3 is 1. The van der Waals surface area contributed by atoms with Crippen LogP contribution in [0.5, 0.6) is 0 Å². The molecule has 0 radical (unpaired) electrons. The summed E-state index contributed by atoms with van der Waals surface area (Å²) in [5.74, 6) is -1.31. The van der Waals surface area contributed by atoms with Crippen molar-refractivity contribution in [2.75, 3.05) is 7.11 Å². The van der Waals surface area contributed by atoms with Gasteiger partial charge in [-0.25, -0.2) is 9.78 Å². The van der Waals surface area contributed by atoms with Gasteiger partial charge in [0.05, 0.1) is 12.8 Å². The van der Waals surface area contributed by atoms with Crippen molar-refractivity contribution in [2.24, 2.45) is 0 Å². The van der Waals surface area contributed by atoms with E-state index in [-0.39, 0.29) is 29.0 Å². The zero-order chi connectivity index (χ0) is 19.8. The Morgan fingerprint density at radius 1 is 1.26 bits per heavy atom. The summed E-state index contributed by atoms with van der Waals surface area (Å²) in [6, 6.07) is 8.08. The van der Waals surface area contributed by atoms with E-state index in [1.807, 2.05) is 30.3 Å². The van der Waals surface area contributed by atoms with Gasteiger partial charge in [-0.15, -0.1) is 0 Å². The van der Waals surface area contributed by atoms with E-state index in [0.29, 0.717) is 0 Å². The maximum absolute atomic E-state index is 12.9. The van der Waals surface area contributed by atoms with Gasteiger partial charge < -0.3 is 9.47 Å². The van der Waals surface area contributed by atoms with E-state index in [0.717, 1.165) is 10.1 Å². The van der Waals surface area contributed by atoms with Gasteiger partial charge in [-0.2, -0.15) is 0 Å². The van der Waals surface area contributed by atoms with E-state index in [4.69, 9.17) is 32.7 Å². The molecule has 1 aromatic heterocycles. The Labute approximate surface area is 164 Å². The third kappa shape index (κ3) is 3.33. The maximum atomic E-state index is 12.9. The summed E-state index contributed by atoms with van der Waals surface area (Å²) in [6.45, 7) is 1.59. The fourth-order valence-corrected chi connectivity index (χ4v) is 3.84. The molecule has 1 aliphatic heterocycles. The van der Waals surface area contributed by atoms with Crippen molar-refractivity contribution < 1.29 is 19.1 Å². The summed E-state index contributed by atoms with van der Waals surface area (Å²) < 4.78 is 11.3. The van der Waals surface area contributed by atoms with Gasteiger partial charge in [0.25, 0.3) is 5.56 Å². The van der Waals surface area contributed by atoms with Crippen molar-refractivity contribution in [1.82, 2.24) is 9.55 Å². The standard InChI is InChI=1S/C18H16Cl2N2O5/c1-18(17(25)27-9-10-6-4-3-5-7-10)8-11(16(24)26-2)22-12(18)13(19)21-14(20)15(22)23/h3-7,11H,8-9H2,1-2H3. The smallest absolute Gasteiger partial charge is 0.329 e. The number of nitrogens with zero attached hydrogens (tertiary/aromatic N) is 2. The Bertz CT molecular complexity index is 960. The first-order valence-corrected chi connectivity index (χ1v) is 8.82. The molecule has 2 heterocycles. The summed E-state index contributed by atoms with van der Waals surface area (Å²) >= 11 is 12.0. The van der Waals surface area contributed by atoms with Gasteiger partial charge in [-0.3, -0.25) is 14.2 Å². The van der Waals surface area contributed by atoms with Gasteiger partial charge in [0, 0.05) is 6.42 Å². The molecule has 0 bridgehead atoms. The molecule has 1 aromatic carbocycles. The summed E-state index contributed by atoms with van der Waals surface area (Å²) in [7, 11) is 1.20. The Morgan fingerprint density at radius 2 is 1.93 bits per heavy atom. The normalized spacial score (nSPS) is 20.8. The van der Waals surface area contributed by atoms with Crippen LogP contribution in [0.25, 0.3) is 0 Å². The zero-order valence-electron chi connectivity index (χ0n) is 14.6. The lowest BCUT2D eigenvalue weighted by molar-refractivity contribution is -0.152. The van der Waals surface area contributed by atoms with Gasteiger partial charge in [0.15, 0.2) is 10.3 Å². The highest BCUT2D eigenvalue weighted by Crippen LogP contribution is 2.44. The second-order valence-corrected chi connectivity index (χ2v) is 7.07. The first kappa shape index (κ1) is 19.4. The minimum atomic E-state index is -1.36. The number of halogens is 2. The van der Waals surface area contributed by atoms with Crippen LogP contribution in [-0.2, 0) is 31.1 Å². The molecule has 0 amide bonds. The van der Waals surface area contributed by atoms with Crippen LogP contribution in [0, 0.1) is 0 Å². The van der Waals surface area contributed by atoms with Crippen LogP contribution in [0.3, 0.4) is 0 Å². The third-order valence-electron chi connectivity index (χ3n) is 4.60. The number of hydrogen-bond donors (Lipinski definition) is 0. The largest absolute Gasteiger partial charge is 0.467 e. The molecule has 0 saturated carbocycles. The van der Waals surface area contributed by atoms with Gasteiger partial charge in [-0.1, -0.05) is 53.5 Å². The lowest BCUT2D eigenvalue weighted by atomic mass is 9.84. The van der Waals surface area contributed by atoms with Crippen molar-refractivity contribution >= 4 is 35.1 Å². The number of fused-ring (bicyclic) bond motifs is 1. The molecule has 27 heavy (non-hydrogen) atoms.